The van der Waals surface area contributed by atoms with E-state index in [0.29, 0.717) is 6.54 Å². The van der Waals surface area contributed by atoms with Crippen molar-refractivity contribution in [2.45, 2.75) is 13.0 Å². The standard InChI is InChI=1S/C13H16N2O3/c1-9-4-3-5-10(6-9)11-7-15(13(17)14-11)8-12(16)18-2/h3-6,11H,7-8H2,1-2H3,(H,14,17). The molecule has 1 aromatic rings. The summed E-state index contributed by atoms with van der Waals surface area (Å²) in [6.45, 7) is 2.48. The van der Waals surface area contributed by atoms with E-state index >= 15 is 0 Å². The lowest BCUT2D eigenvalue weighted by Gasteiger charge is -2.13. The number of hydrogen-bond acceptors (Lipinski definition) is 3. The summed E-state index contributed by atoms with van der Waals surface area (Å²) in [5.41, 5.74) is 2.20. The molecule has 0 bridgehead atoms. The Balaban J connectivity index is 2.06. The Morgan fingerprint density at radius 2 is 2.33 bits per heavy atom. The van der Waals surface area contributed by atoms with Gasteiger partial charge in [0.05, 0.1) is 13.2 Å². The smallest absolute Gasteiger partial charge is 0.325 e. The van der Waals surface area contributed by atoms with Gasteiger partial charge in [-0.25, -0.2) is 4.79 Å². The van der Waals surface area contributed by atoms with Crippen molar-refractivity contribution in [2.24, 2.45) is 0 Å². The van der Waals surface area contributed by atoms with Gasteiger partial charge in [-0.2, -0.15) is 0 Å². The molecule has 2 amide bonds. The predicted octanol–water partition coefficient (Wildman–Crippen LogP) is 1.23. The average Bonchev–Trinajstić information content (AvgIpc) is 2.71. The molecule has 1 fully saturated rings. The molecule has 0 aliphatic carbocycles. The van der Waals surface area contributed by atoms with Crippen molar-refractivity contribution in [3.63, 3.8) is 0 Å². The number of carbonyl (C=O) groups excluding carboxylic acids is 2. The first kappa shape index (κ1) is 12.4. The highest BCUT2D eigenvalue weighted by Gasteiger charge is 2.31. The van der Waals surface area contributed by atoms with Crippen LogP contribution < -0.4 is 5.32 Å². The molecule has 1 aromatic carbocycles. The molecule has 1 N–H and O–H groups in total. The normalized spacial score (nSPS) is 18.7. The van der Waals surface area contributed by atoms with Crippen LogP contribution >= 0.6 is 0 Å². The van der Waals surface area contributed by atoms with E-state index in [0.717, 1.165) is 11.1 Å². The molecule has 1 heterocycles. The minimum absolute atomic E-state index is 0.00928. The van der Waals surface area contributed by atoms with E-state index < -0.39 is 5.97 Å². The molecule has 1 aliphatic heterocycles. The van der Waals surface area contributed by atoms with E-state index in [-0.39, 0.29) is 18.6 Å². The van der Waals surface area contributed by atoms with Crippen LogP contribution in [0.2, 0.25) is 0 Å². The van der Waals surface area contributed by atoms with Crippen molar-refractivity contribution in [2.75, 3.05) is 20.2 Å². The predicted molar refractivity (Wildman–Crippen MR) is 66.0 cm³/mol. The molecule has 2 rings (SSSR count). The lowest BCUT2D eigenvalue weighted by Crippen LogP contribution is -2.33. The number of benzene rings is 1. The highest BCUT2D eigenvalue weighted by Crippen LogP contribution is 2.20. The largest absolute Gasteiger partial charge is 0.468 e. The summed E-state index contributed by atoms with van der Waals surface area (Å²) in [5.74, 6) is -0.407. The molecule has 1 unspecified atom stereocenters. The first-order valence-corrected chi connectivity index (χ1v) is 5.79. The maximum atomic E-state index is 11.7. The van der Waals surface area contributed by atoms with E-state index in [1.165, 1.54) is 12.0 Å². The van der Waals surface area contributed by atoms with Gasteiger partial charge in [-0.1, -0.05) is 29.8 Å². The molecular formula is C13H16N2O3. The first-order chi connectivity index (χ1) is 8.60. The van der Waals surface area contributed by atoms with Crippen LogP contribution in [0.25, 0.3) is 0 Å². The Morgan fingerprint density at radius 3 is 3.00 bits per heavy atom. The molecule has 0 aromatic heterocycles. The van der Waals surface area contributed by atoms with Crippen molar-refractivity contribution in [1.82, 2.24) is 10.2 Å². The van der Waals surface area contributed by atoms with Gasteiger partial charge in [-0.3, -0.25) is 4.79 Å². The highest BCUT2D eigenvalue weighted by atomic mass is 16.5. The quantitative estimate of drug-likeness (QED) is 0.819. The van der Waals surface area contributed by atoms with E-state index in [2.05, 4.69) is 10.1 Å². The number of rotatable bonds is 3. The number of ether oxygens (including phenoxy) is 1. The van der Waals surface area contributed by atoms with Crippen molar-refractivity contribution in [3.8, 4) is 0 Å². The summed E-state index contributed by atoms with van der Waals surface area (Å²) in [6, 6.07) is 7.67. The van der Waals surface area contributed by atoms with Gasteiger partial charge < -0.3 is 15.0 Å². The second kappa shape index (κ2) is 5.08. The molecule has 1 atom stereocenters. The minimum atomic E-state index is -0.407. The number of urea groups is 1. The van der Waals surface area contributed by atoms with E-state index in [4.69, 9.17) is 0 Å². The van der Waals surface area contributed by atoms with Crippen molar-refractivity contribution in [1.29, 1.82) is 0 Å². The van der Waals surface area contributed by atoms with Crippen LogP contribution in [0.15, 0.2) is 24.3 Å². The number of amides is 2. The Bertz CT molecular complexity index is 473. The number of nitrogens with zero attached hydrogens (tertiary/aromatic N) is 1. The Hall–Kier alpha value is -2.04. The highest BCUT2D eigenvalue weighted by molar-refractivity contribution is 5.82. The van der Waals surface area contributed by atoms with Gasteiger partial charge in [0.1, 0.15) is 6.54 Å². The first-order valence-electron chi connectivity index (χ1n) is 5.79. The van der Waals surface area contributed by atoms with E-state index in [1.54, 1.807) is 0 Å². The fraction of sp³-hybridized carbons (Fsp3) is 0.385. The van der Waals surface area contributed by atoms with Crippen molar-refractivity contribution >= 4 is 12.0 Å². The van der Waals surface area contributed by atoms with Gasteiger partial charge in [0, 0.05) is 6.54 Å². The number of esters is 1. The molecule has 1 aliphatic rings. The topological polar surface area (TPSA) is 58.6 Å². The molecule has 18 heavy (non-hydrogen) atoms. The van der Waals surface area contributed by atoms with E-state index in [1.807, 2.05) is 31.2 Å². The van der Waals surface area contributed by atoms with E-state index in [9.17, 15) is 9.59 Å². The molecule has 0 spiro atoms. The van der Waals surface area contributed by atoms with Crippen LogP contribution in [0.4, 0.5) is 4.79 Å². The van der Waals surface area contributed by atoms with Crippen molar-refractivity contribution < 1.29 is 14.3 Å². The molecule has 0 saturated carbocycles. The molecule has 96 valence electrons. The minimum Gasteiger partial charge on any atom is -0.468 e. The zero-order chi connectivity index (χ0) is 13.1. The van der Waals surface area contributed by atoms with Crippen LogP contribution in [0, 0.1) is 6.92 Å². The third-order valence-electron chi connectivity index (χ3n) is 2.98. The molecular weight excluding hydrogens is 232 g/mol. The molecule has 0 radical (unpaired) electrons. The zero-order valence-corrected chi connectivity index (χ0v) is 10.5. The zero-order valence-electron chi connectivity index (χ0n) is 10.5. The maximum Gasteiger partial charge on any atom is 0.325 e. The number of nitrogens with one attached hydrogen (secondary N) is 1. The lowest BCUT2D eigenvalue weighted by atomic mass is 10.1. The van der Waals surface area contributed by atoms with Gasteiger partial charge in [-0.05, 0) is 12.5 Å². The van der Waals surface area contributed by atoms with Crippen LogP contribution in [0.3, 0.4) is 0 Å². The molecule has 5 nitrogen and oxygen atoms in total. The van der Waals surface area contributed by atoms with Gasteiger partial charge >= 0.3 is 12.0 Å². The maximum absolute atomic E-state index is 11.7. The summed E-state index contributed by atoms with van der Waals surface area (Å²) < 4.78 is 4.56. The third-order valence-corrected chi connectivity index (χ3v) is 2.98. The lowest BCUT2D eigenvalue weighted by molar-refractivity contribution is -0.141. The van der Waals surface area contributed by atoms with Gasteiger partial charge in [0.15, 0.2) is 0 Å². The summed E-state index contributed by atoms with van der Waals surface area (Å²) >= 11 is 0. The van der Waals surface area contributed by atoms with Crippen LogP contribution in [-0.4, -0.2) is 37.1 Å². The van der Waals surface area contributed by atoms with Gasteiger partial charge in [0.2, 0.25) is 0 Å². The SMILES string of the molecule is COC(=O)CN1CC(c2cccc(C)c2)NC1=O. The second-order valence-corrected chi connectivity index (χ2v) is 4.37. The fourth-order valence-electron chi connectivity index (χ4n) is 2.02. The third kappa shape index (κ3) is 2.61. The summed E-state index contributed by atoms with van der Waals surface area (Å²) in [4.78, 5) is 24.3. The Kier molecular flexibility index (Phi) is 3.50. The van der Waals surface area contributed by atoms with Crippen LogP contribution in [-0.2, 0) is 9.53 Å². The van der Waals surface area contributed by atoms with Gasteiger partial charge in [-0.15, -0.1) is 0 Å². The number of carbonyl (C=O) groups is 2. The summed E-state index contributed by atoms with van der Waals surface area (Å²) in [6.07, 6.45) is 0. The number of aryl methyl sites for hydroxylation is 1. The van der Waals surface area contributed by atoms with Gasteiger partial charge in [0.25, 0.3) is 0 Å². The fourth-order valence-corrected chi connectivity index (χ4v) is 2.02. The molecule has 1 saturated heterocycles. The average molecular weight is 248 g/mol. The Labute approximate surface area is 106 Å². The number of hydrogen-bond donors (Lipinski definition) is 1. The molecule has 5 heteroatoms. The monoisotopic (exact) mass is 248 g/mol. The van der Waals surface area contributed by atoms with Crippen molar-refractivity contribution in [3.05, 3.63) is 35.4 Å². The van der Waals surface area contributed by atoms with Crippen LogP contribution in [0.1, 0.15) is 17.2 Å². The Morgan fingerprint density at radius 1 is 1.56 bits per heavy atom. The second-order valence-electron chi connectivity index (χ2n) is 4.37. The van der Waals surface area contributed by atoms with Crippen LogP contribution in [0.5, 0.6) is 0 Å². The summed E-state index contributed by atoms with van der Waals surface area (Å²) in [7, 11) is 1.31. The summed E-state index contributed by atoms with van der Waals surface area (Å²) in [5, 5.41) is 2.86. The number of methoxy groups -OCH3 is 1.